The second-order valence-corrected chi connectivity index (χ2v) is 4.88. The van der Waals surface area contributed by atoms with Gasteiger partial charge in [-0.25, -0.2) is 0 Å². The molecular formula is C11H17NOS. The van der Waals surface area contributed by atoms with Gasteiger partial charge in [0.2, 0.25) is 0 Å². The Morgan fingerprint density at radius 1 is 1.57 bits per heavy atom. The maximum absolute atomic E-state index is 10.7. The number of hydrogen-bond donors (Lipinski definition) is 0. The second kappa shape index (κ2) is 4.69. The zero-order chi connectivity index (χ0) is 10.7. The highest BCUT2D eigenvalue weighted by atomic mass is 32.2. The molecule has 1 rings (SSSR count). The molecule has 0 saturated heterocycles. The summed E-state index contributed by atoms with van der Waals surface area (Å²) in [5.41, 5.74) is 3.07. The Morgan fingerprint density at radius 3 is 2.64 bits per heavy atom. The van der Waals surface area contributed by atoms with Crippen molar-refractivity contribution in [1.29, 1.82) is 0 Å². The molecule has 0 aliphatic carbocycles. The molecule has 1 aromatic heterocycles. The van der Waals surface area contributed by atoms with Gasteiger partial charge in [0.15, 0.2) is 6.29 Å². The number of carbonyl (C=O) groups excluding carboxylic acids is 1. The van der Waals surface area contributed by atoms with Crippen molar-refractivity contribution in [3.8, 4) is 0 Å². The summed E-state index contributed by atoms with van der Waals surface area (Å²) < 4.78 is 2.21. The third kappa shape index (κ3) is 2.21. The molecule has 0 fully saturated rings. The van der Waals surface area contributed by atoms with E-state index in [1.807, 2.05) is 31.7 Å². The Balaban J connectivity index is 2.96. The smallest absolute Gasteiger partial charge is 0.151 e. The van der Waals surface area contributed by atoms with E-state index < -0.39 is 0 Å². The highest BCUT2D eigenvalue weighted by Gasteiger charge is 2.10. The van der Waals surface area contributed by atoms with Gasteiger partial charge in [0.05, 0.1) is 0 Å². The van der Waals surface area contributed by atoms with Crippen LogP contribution < -0.4 is 0 Å². The lowest BCUT2D eigenvalue weighted by molar-refractivity contribution is 0.112. The van der Waals surface area contributed by atoms with E-state index in [9.17, 15) is 4.79 Å². The predicted molar refractivity (Wildman–Crippen MR) is 62.3 cm³/mol. The summed E-state index contributed by atoms with van der Waals surface area (Å²) >= 11 is 1.84. The highest BCUT2D eigenvalue weighted by molar-refractivity contribution is 7.99. The predicted octanol–water partition coefficient (Wildman–Crippen LogP) is 2.67. The quantitative estimate of drug-likeness (QED) is 0.714. The van der Waals surface area contributed by atoms with Crippen molar-refractivity contribution in [3.63, 3.8) is 0 Å². The number of aromatic nitrogens is 1. The van der Waals surface area contributed by atoms with Crippen LogP contribution in [0.2, 0.25) is 0 Å². The summed E-state index contributed by atoms with van der Waals surface area (Å²) in [6.07, 6.45) is 3.04. The average molecular weight is 211 g/mol. The van der Waals surface area contributed by atoms with Crippen molar-refractivity contribution in [2.75, 3.05) is 6.26 Å². The van der Waals surface area contributed by atoms with Crippen LogP contribution in [0.4, 0.5) is 0 Å². The van der Waals surface area contributed by atoms with Crippen LogP contribution in [0.15, 0.2) is 6.07 Å². The molecule has 78 valence electrons. The van der Waals surface area contributed by atoms with Crippen LogP contribution in [0.1, 0.15) is 28.7 Å². The van der Waals surface area contributed by atoms with Crippen LogP contribution >= 0.6 is 11.8 Å². The van der Waals surface area contributed by atoms with E-state index in [2.05, 4.69) is 17.7 Å². The molecule has 0 aromatic carbocycles. The number of carbonyl (C=O) groups is 1. The molecule has 0 bridgehead atoms. The lowest BCUT2D eigenvalue weighted by Gasteiger charge is -2.13. The minimum Gasteiger partial charge on any atom is -0.347 e. The van der Waals surface area contributed by atoms with Crippen molar-refractivity contribution in [3.05, 3.63) is 23.0 Å². The molecule has 0 amide bonds. The van der Waals surface area contributed by atoms with Gasteiger partial charge in [-0.3, -0.25) is 4.79 Å². The largest absolute Gasteiger partial charge is 0.347 e. The molecule has 0 aliphatic rings. The van der Waals surface area contributed by atoms with Gasteiger partial charge < -0.3 is 4.57 Å². The highest BCUT2D eigenvalue weighted by Crippen LogP contribution is 2.16. The topological polar surface area (TPSA) is 22.0 Å². The number of rotatable bonds is 4. The molecular weight excluding hydrogens is 194 g/mol. The zero-order valence-electron chi connectivity index (χ0n) is 9.20. The van der Waals surface area contributed by atoms with E-state index in [0.717, 1.165) is 24.1 Å². The van der Waals surface area contributed by atoms with Crippen molar-refractivity contribution in [1.82, 2.24) is 4.57 Å². The minimum atomic E-state index is 0.583. The maximum Gasteiger partial charge on any atom is 0.151 e. The van der Waals surface area contributed by atoms with Gasteiger partial charge in [0, 0.05) is 28.7 Å². The Morgan fingerprint density at radius 2 is 2.21 bits per heavy atom. The van der Waals surface area contributed by atoms with Gasteiger partial charge in [-0.15, -0.1) is 0 Å². The van der Waals surface area contributed by atoms with Crippen LogP contribution in [-0.4, -0.2) is 22.4 Å². The van der Waals surface area contributed by atoms with E-state index in [1.165, 1.54) is 5.69 Å². The molecule has 0 aliphatic heterocycles. The summed E-state index contributed by atoms with van der Waals surface area (Å²) in [6.45, 7) is 7.23. The molecule has 1 atom stereocenters. The van der Waals surface area contributed by atoms with Crippen LogP contribution in [0.5, 0.6) is 0 Å². The number of thioether (sulfide) groups is 1. The zero-order valence-corrected chi connectivity index (χ0v) is 10.0. The molecule has 0 saturated carbocycles. The molecule has 14 heavy (non-hydrogen) atoms. The van der Waals surface area contributed by atoms with Crippen molar-refractivity contribution >= 4 is 18.0 Å². The first-order valence-electron chi connectivity index (χ1n) is 4.74. The first kappa shape index (κ1) is 11.4. The van der Waals surface area contributed by atoms with Crippen LogP contribution in [-0.2, 0) is 6.54 Å². The third-order valence-electron chi connectivity index (χ3n) is 2.58. The van der Waals surface area contributed by atoms with Gasteiger partial charge in [-0.2, -0.15) is 11.8 Å². The average Bonchev–Trinajstić information content (AvgIpc) is 2.44. The van der Waals surface area contributed by atoms with E-state index in [-0.39, 0.29) is 0 Å². The Labute approximate surface area is 89.7 Å². The maximum atomic E-state index is 10.7. The molecule has 1 heterocycles. The van der Waals surface area contributed by atoms with Crippen molar-refractivity contribution in [2.45, 2.75) is 32.6 Å². The fourth-order valence-electron chi connectivity index (χ4n) is 1.56. The fourth-order valence-corrected chi connectivity index (χ4v) is 1.86. The Kier molecular flexibility index (Phi) is 3.81. The molecule has 1 unspecified atom stereocenters. The van der Waals surface area contributed by atoms with E-state index in [4.69, 9.17) is 0 Å². The number of aryl methyl sites for hydroxylation is 1. The summed E-state index contributed by atoms with van der Waals surface area (Å²) in [4.78, 5) is 10.7. The molecule has 2 nitrogen and oxygen atoms in total. The standard InChI is InChI=1S/C11H17NOS/c1-8-5-11(7-13)10(3)12(8)6-9(2)14-4/h5,7,9H,6H2,1-4H3. The van der Waals surface area contributed by atoms with E-state index in [1.54, 1.807) is 0 Å². The van der Waals surface area contributed by atoms with Crippen LogP contribution in [0.3, 0.4) is 0 Å². The molecule has 0 spiro atoms. The Bertz CT molecular complexity index is 330. The summed E-state index contributed by atoms with van der Waals surface area (Å²) in [5.74, 6) is 0. The Hall–Kier alpha value is -0.700. The van der Waals surface area contributed by atoms with Gasteiger partial charge in [0.1, 0.15) is 0 Å². The van der Waals surface area contributed by atoms with Gasteiger partial charge in [-0.1, -0.05) is 6.92 Å². The van der Waals surface area contributed by atoms with Gasteiger partial charge in [0.25, 0.3) is 0 Å². The molecule has 1 aromatic rings. The second-order valence-electron chi connectivity index (χ2n) is 3.60. The summed E-state index contributed by atoms with van der Waals surface area (Å²) in [5, 5.41) is 0.583. The summed E-state index contributed by atoms with van der Waals surface area (Å²) in [6, 6.07) is 1.95. The lowest BCUT2D eigenvalue weighted by atomic mass is 10.3. The minimum absolute atomic E-state index is 0.583. The van der Waals surface area contributed by atoms with Crippen molar-refractivity contribution in [2.24, 2.45) is 0 Å². The molecule has 0 radical (unpaired) electrons. The third-order valence-corrected chi connectivity index (χ3v) is 3.54. The number of nitrogens with zero attached hydrogens (tertiary/aromatic N) is 1. The van der Waals surface area contributed by atoms with Crippen LogP contribution in [0.25, 0.3) is 0 Å². The fraction of sp³-hybridized carbons (Fsp3) is 0.545. The molecule has 3 heteroatoms. The number of aldehydes is 1. The van der Waals surface area contributed by atoms with Gasteiger partial charge >= 0.3 is 0 Å². The molecule has 0 N–H and O–H groups in total. The monoisotopic (exact) mass is 211 g/mol. The first-order valence-corrected chi connectivity index (χ1v) is 6.03. The first-order chi connectivity index (χ1) is 6.60. The van der Waals surface area contributed by atoms with E-state index >= 15 is 0 Å². The normalized spacial score (nSPS) is 12.9. The SMILES string of the molecule is CSC(C)Cn1c(C)cc(C=O)c1C. The van der Waals surface area contributed by atoms with Crippen molar-refractivity contribution < 1.29 is 4.79 Å². The lowest BCUT2D eigenvalue weighted by Crippen LogP contribution is -2.11. The summed E-state index contributed by atoms with van der Waals surface area (Å²) in [7, 11) is 0. The van der Waals surface area contributed by atoms with Gasteiger partial charge in [-0.05, 0) is 26.2 Å². The van der Waals surface area contributed by atoms with Crippen LogP contribution in [0, 0.1) is 13.8 Å². The van der Waals surface area contributed by atoms with E-state index in [0.29, 0.717) is 5.25 Å². The number of hydrogen-bond acceptors (Lipinski definition) is 2.